The number of aromatic amines is 1. The lowest BCUT2D eigenvalue weighted by Gasteiger charge is -1.78. The predicted molar refractivity (Wildman–Crippen MR) is 36.5 cm³/mol. The molecule has 1 aromatic rings. The van der Waals surface area contributed by atoms with Gasteiger partial charge < -0.3 is 0 Å². The van der Waals surface area contributed by atoms with E-state index >= 15 is 0 Å². The van der Waals surface area contributed by atoms with Crippen LogP contribution in [0.15, 0.2) is 24.8 Å². The molecule has 0 aliphatic carbocycles. The van der Waals surface area contributed by atoms with Gasteiger partial charge >= 0.3 is 0 Å². The monoisotopic (exact) mass is 136 g/mol. The standard InChI is InChI=1S/C6H8N4/c1-6-8-5-7-3-2-4-9-10-6/h2-5H,1H3,(H,7,8,10). The van der Waals surface area contributed by atoms with Gasteiger partial charge in [-0.15, -0.1) is 0 Å². The first-order valence-electron chi connectivity index (χ1n) is 2.90. The minimum Gasteiger partial charge on any atom is -0.265 e. The molecule has 10 heavy (non-hydrogen) atoms. The third kappa shape index (κ3) is 2.21. The Morgan fingerprint density at radius 3 is 3.20 bits per heavy atom. The Labute approximate surface area is 58.7 Å². The summed E-state index contributed by atoms with van der Waals surface area (Å²) >= 11 is 0. The second-order valence-electron chi connectivity index (χ2n) is 1.71. The smallest absolute Gasteiger partial charge is 0.120 e. The van der Waals surface area contributed by atoms with Crippen molar-refractivity contribution in [2.75, 3.05) is 0 Å². The molecule has 0 atom stereocenters. The SMILES string of the molecule is Cc1ncncccn[nH]1. The molecule has 0 aliphatic rings. The van der Waals surface area contributed by atoms with E-state index in [4.69, 9.17) is 0 Å². The van der Waals surface area contributed by atoms with Crippen molar-refractivity contribution in [3.63, 3.8) is 0 Å². The van der Waals surface area contributed by atoms with Gasteiger partial charge in [-0.25, -0.2) is 9.97 Å². The summed E-state index contributed by atoms with van der Waals surface area (Å²) in [7, 11) is 0. The van der Waals surface area contributed by atoms with Crippen LogP contribution >= 0.6 is 0 Å². The van der Waals surface area contributed by atoms with Gasteiger partial charge in [-0.2, -0.15) is 5.10 Å². The molecule has 0 radical (unpaired) electrons. The summed E-state index contributed by atoms with van der Waals surface area (Å²) < 4.78 is 0. The molecule has 0 spiro atoms. The third-order valence-corrected chi connectivity index (χ3v) is 0.877. The van der Waals surface area contributed by atoms with Gasteiger partial charge in [-0.1, -0.05) is 0 Å². The van der Waals surface area contributed by atoms with E-state index in [1.165, 1.54) is 6.33 Å². The van der Waals surface area contributed by atoms with Gasteiger partial charge in [0.15, 0.2) is 0 Å². The lowest BCUT2D eigenvalue weighted by atomic mass is 10.7. The van der Waals surface area contributed by atoms with Crippen molar-refractivity contribution in [3.05, 3.63) is 30.6 Å². The number of hydrogen-bond acceptors (Lipinski definition) is 3. The summed E-state index contributed by atoms with van der Waals surface area (Å²) in [5, 5.41) is 6.50. The summed E-state index contributed by atoms with van der Waals surface area (Å²) in [5.74, 6) is 0.726. The fraction of sp³-hybridized carbons (Fsp3) is 0.167. The maximum absolute atomic E-state index is 3.89. The molecule has 0 amide bonds. The highest BCUT2D eigenvalue weighted by atomic mass is 15.1. The van der Waals surface area contributed by atoms with Gasteiger partial charge in [0.2, 0.25) is 0 Å². The first kappa shape index (κ1) is 6.67. The zero-order valence-electron chi connectivity index (χ0n) is 5.65. The van der Waals surface area contributed by atoms with E-state index in [0.717, 1.165) is 5.82 Å². The molecule has 4 heteroatoms. The Bertz CT molecular complexity index is 217. The molecule has 0 bridgehead atoms. The van der Waals surface area contributed by atoms with Crippen LogP contribution in [0.4, 0.5) is 0 Å². The van der Waals surface area contributed by atoms with Gasteiger partial charge in [0, 0.05) is 12.4 Å². The van der Waals surface area contributed by atoms with Crippen molar-refractivity contribution >= 4 is 0 Å². The zero-order valence-corrected chi connectivity index (χ0v) is 5.65. The number of nitrogens with one attached hydrogen (secondary N) is 1. The lowest BCUT2D eigenvalue weighted by molar-refractivity contribution is 0.938. The highest BCUT2D eigenvalue weighted by molar-refractivity contribution is 4.74. The number of nitrogens with zero attached hydrogens (tertiary/aromatic N) is 3. The van der Waals surface area contributed by atoms with Crippen LogP contribution in [0.5, 0.6) is 0 Å². The maximum atomic E-state index is 3.89. The van der Waals surface area contributed by atoms with Crippen LogP contribution < -0.4 is 0 Å². The fourth-order valence-corrected chi connectivity index (χ4v) is 0.449. The summed E-state index contributed by atoms with van der Waals surface area (Å²) in [4.78, 5) is 7.71. The molecule has 0 saturated carbocycles. The van der Waals surface area contributed by atoms with Gasteiger partial charge in [0.25, 0.3) is 0 Å². The van der Waals surface area contributed by atoms with Gasteiger partial charge in [0.1, 0.15) is 12.2 Å². The Morgan fingerprint density at radius 1 is 1.40 bits per heavy atom. The zero-order chi connectivity index (χ0) is 7.23. The van der Waals surface area contributed by atoms with Crippen LogP contribution in [-0.2, 0) is 0 Å². The number of rotatable bonds is 0. The fourth-order valence-electron chi connectivity index (χ4n) is 0.449. The average Bonchev–Trinajstić information content (AvgIpc) is 2.02. The predicted octanol–water partition coefficient (Wildman–Crippen LogP) is 0.633. The first-order chi connectivity index (χ1) is 4.89. The Kier molecular flexibility index (Phi) is 2.37. The Hall–Kier alpha value is -1.45. The van der Waals surface area contributed by atoms with Crippen LogP contribution in [0.1, 0.15) is 5.82 Å². The molecule has 1 aromatic heterocycles. The molecular formula is C6H8N4. The average molecular weight is 136 g/mol. The second-order valence-corrected chi connectivity index (χ2v) is 1.71. The van der Waals surface area contributed by atoms with Crippen LogP contribution in [0.25, 0.3) is 0 Å². The molecule has 0 unspecified atom stereocenters. The third-order valence-electron chi connectivity index (χ3n) is 0.877. The van der Waals surface area contributed by atoms with Crippen molar-refractivity contribution < 1.29 is 0 Å². The summed E-state index contributed by atoms with van der Waals surface area (Å²) in [6.07, 6.45) is 4.70. The molecule has 0 aliphatic heterocycles. The van der Waals surface area contributed by atoms with Gasteiger partial charge in [0.05, 0.1) is 0 Å². The quantitative estimate of drug-likeness (QED) is 0.569. The molecule has 0 saturated heterocycles. The first-order valence-corrected chi connectivity index (χ1v) is 2.90. The molecule has 1 heterocycles. The van der Waals surface area contributed by atoms with Crippen LogP contribution in [0, 0.1) is 6.92 Å². The molecular weight excluding hydrogens is 128 g/mol. The number of aryl methyl sites for hydroxylation is 1. The second kappa shape index (κ2) is 3.55. The topological polar surface area (TPSA) is 54.5 Å². The molecule has 0 aromatic carbocycles. The molecule has 1 rings (SSSR count). The normalized spacial score (nSPS) is 8.50. The van der Waals surface area contributed by atoms with Crippen LogP contribution in [0.3, 0.4) is 0 Å². The van der Waals surface area contributed by atoms with Crippen molar-refractivity contribution in [2.24, 2.45) is 0 Å². The summed E-state index contributed by atoms with van der Waals surface area (Å²) in [5.41, 5.74) is 0. The Balaban J connectivity index is 3.13. The van der Waals surface area contributed by atoms with E-state index in [2.05, 4.69) is 20.2 Å². The number of hydrogen-bond donors (Lipinski definition) is 1. The van der Waals surface area contributed by atoms with Crippen molar-refractivity contribution in [3.8, 4) is 0 Å². The Morgan fingerprint density at radius 2 is 2.30 bits per heavy atom. The van der Waals surface area contributed by atoms with E-state index in [1.54, 1.807) is 18.5 Å². The molecule has 4 nitrogen and oxygen atoms in total. The number of H-pyrrole nitrogens is 1. The van der Waals surface area contributed by atoms with Crippen LogP contribution in [0.2, 0.25) is 0 Å². The maximum Gasteiger partial charge on any atom is 0.120 e. The van der Waals surface area contributed by atoms with Crippen molar-refractivity contribution in [1.82, 2.24) is 20.2 Å². The van der Waals surface area contributed by atoms with Gasteiger partial charge in [-0.05, 0) is 13.0 Å². The summed E-state index contributed by atoms with van der Waals surface area (Å²) in [6.45, 7) is 1.81. The minimum atomic E-state index is 0.726. The van der Waals surface area contributed by atoms with Gasteiger partial charge in [-0.3, -0.25) is 5.10 Å². The highest BCUT2D eigenvalue weighted by Gasteiger charge is 1.71. The van der Waals surface area contributed by atoms with E-state index < -0.39 is 0 Å². The van der Waals surface area contributed by atoms with E-state index in [9.17, 15) is 0 Å². The highest BCUT2D eigenvalue weighted by Crippen LogP contribution is 1.72. The molecule has 52 valence electrons. The number of aromatic nitrogens is 4. The summed E-state index contributed by atoms with van der Waals surface area (Å²) in [6, 6.07) is 1.72. The minimum absolute atomic E-state index is 0.726. The largest absolute Gasteiger partial charge is 0.265 e. The lowest BCUT2D eigenvalue weighted by Crippen LogP contribution is -1.81. The van der Waals surface area contributed by atoms with Crippen molar-refractivity contribution in [1.29, 1.82) is 0 Å². The van der Waals surface area contributed by atoms with E-state index in [0.29, 0.717) is 0 Å². The van der Waals surface area contributed by atoms with E-state index in [1.807, 2.05) is 6.92 Å². The van der Waals surface area contributed by atoms with Crippen molar-refractivity contribution in [2.45, 2.75) is 6.92 Å². The molecule has 1 N–H and O–H groups in total. The van der Waals surface area contributed by atoms with Crippen LogP contribution in [-0.4, -0.2) is 20.2 Å². The molecule has 0 fully saturated rings. The van der Waals surface area contributed by atoms with E-state index in [-0.39, 0.29) is 0 Å².